The highest BCUT2D eigenvalue weighted by atomic mass is 16.5. The molecular formula is C21H30N4O6. The molecule has 3 fully saturated rings. The Bertz CT molecular complexity index is 766. The van der Waals surface area contributed by atoms with Crippen LogP contribution in [0, 0.1) is 12.8 Å². The number of morpholine rings is 1. The van der Waals surface area contributed by atoms with Gasteiger partial charge in [-0.2, -0.15) is 0 Å². The van der Waals surface area contributed by atoms with Crippen LogP contribution in [-0.2, 0) is 14.3 Å². The van der Waals surface area contributed by atoms with E-state index in [1.807, 2.05) is 9.80 Å². The number of hydrogen-bond acceptors (Lipinski definition) is 7. The van der Waals surface area contributed by atoms with Gasteiger partial charge < -0.3 is 24.7 Å². The van der Waals surface area contributed by atoms with Gasteiger partial charge in [0.05, 0.1) is 30.4 Å². The molecule has 10 heteroatoms. The number of nitrogens with zero attached hydrogens (tertiary/aromatic N) is 4. The van der Waals surface area contributed by atoms with E-state index < -0.39 is 0 Å². The summed E-state index contributed by atoms with van der Waals surface area (Å²) in [7, 11) is 0. The minimum atomic E-state index is -0.295. The zero-order valence-corrected chi connectivity index (χ0v) is 17.7. The van der Waals surface area contributed by atoms with Crippen LogP contribution in [0.3, 0.4) is 0 Å². The van der Waals surface area contributed by atoms with Crippen molar-refractivity contribution in [3.8, 4) is 0 Å². The minimum Gasteiger partial charge on any atom is -0.483 e. The molecule has 0 spiro atoms. The van der Waals surface area contributed by atoms with E-state index in [2.05, 4.69) is 9.97 Å². The molecule has 3 atom stereocenters. The average molecular weight is 434 g/mol. The van der Waals surface area contributed by atoms with E-state index >= 15 is 0 Å². The first kappa shape index (κ1) is 23.1. The topological polar surface area (TPSA) is 133 Å². The van der Waals surface area contributed by atoms with Crippen LogP contribution in [0.25, 0.3) is 0 Å². The number of amides is 2. The molecule has 1 aromatic heterocycles. The van der Waals surface area contributed by atoms with Crippen LogP contribution in [0.5, 0.6) is 0 Å². The first-order chi connectivity index (χ1) is 14.9. The molecule has 170 valence electrons. The molecule has 4 rings (SSSR count). The Balaban J connectivity index is 0.000000858. The van der Waals surface area contributed by atoms with Gasteiger partial charge in [0.2, 0.25) is 5.91 Å². The fraction of sp³-hybridized carbons (Fsp3) is 0.667. The Morgan fingerprint density at radius 2 is 1.77 bits per heavy atom. The molecule has 2 N–H and O–H groups in total. The highest BCUT2D eigenvalue weighted by molar-refractivity contribution is 5.94. The summed E-state index contributed by atoms with van der Waals surface area (Å²) in [5.74, 6) is 0.601. The Kier molecular flexibility index (Phi) is 7.91. The number of fused-ring (bicyclic) bond motifs is 1. The van der Waals surface area contributed by atoms with Gasteiger partial charge in [-0.25, -0.2) is 9.97 Å². The van der Waals surface area contributed by atoms with Gasteiger partial charge in [0.1, 0.15) is 5.82 Å². The third-order valence-electron chi connectivity index (χ3n) is 6.23. The largest absolute Gasteiger partial charge is 0.483 e. The van der Waals surface area contributed by atoms with Crippen molar-refractivity contribution >= 4 is 18.3 Å². The Morgan fingerprint density at radius 1 is 1.13 bits per heavy atom. The highest BCUT2D eigenvalue weighted by Crippen LogP contribution is 2.34. The lowest BCUT2D eigenvalue weighted by atomic mass is 9.81. The average Bonchev–Trinajstić information content (AvgIpc) is 2.79. The second kappa shape index (κ2) is 10.6. The van der Waals surface area contributed by atoms with Gasteiger partial charge >= 0.3 is 0 Å². The summed E-state index contributed by atoms with van der Waals surface area (Å²) in [5.41, 5.74) is 0.477. The van der Waals surface area contributed by atoms with E-state index in [0.29, 0.717) is 56.9 Å². The number of aromatic nitrogens is 2. The van der Waals surface area contributed by atoms with Crippen molar-refractivity contribution in [3.05, 3.63) is 23.8 Å². The molecule has 2 aliphatic heterocycles. The third-order valence-corrected chi connectivity index (χ3v) is 6.23. The predicted molar refractivity (Wildman–Crippen MR) is 109 cm³/mol. The number of carboxylic acid groups (broad SMARTS) is 1. The van der Waals surface area contributed by atoms with Gasteiger partial charge in [-0.15, -0.1) is 0 Å². The van der Waals surface area contributed by atoms with Gasteiger partial charge in [-0.1, -0.05) is 0 Å². The van der Waals surface area contributed by atoms with Gasteiger partial charge in [0, 0.05) is 37.9 Å². The summed E-state index contributed by atoms with van der Waals surface area (Å²) in [6.45, 7) is 3.80. The van der Waals surface area contributed by atoms with E-state index in [-0.39, 0.29) is 42.5 Å². The lowest BCUT2D eigenvalue weighted by molar-refractivity contribution is -0.143. The van der Waals surface area contributed by atoms with Crippen molar-refractivity contribution in [3.63, 3.8) is 0 Å². The lowest BCUT2D eigenvalue weighted by Crippen LogP contribution is -2.57. The number of likely N-dealkylation sites (tertiary alicyclic amines) is 1. The smallest absolute Gasteiger partial charge is 0.290 e. The molecule has 1 aliphatic carbocycles. The maximum atomic E-state index is 13.0. The molecule has 0 aromatic carbocycles. The fourth-order valence-electron chi connectivity index (χ4n) is 4.60. The highest BCUT2D eigenvalue weighted by Gasteiger charge is 2.43. The van der Waals surface area contributed by atoms with Crippen LogP contribution in [0.2, 0.25) is 0 Å². The van der Waals surface area contributed by atoms with E-state index in [1.165, 1.54) is 0 Å². The number of ether oxygens (including phenoxy) is 1. The number of piperidine rings is 1. The monoisotopic (exact) mass is 434 g/mol. The van der Waals surface area contributed by atoms with Crippen LogP contribution in [0.4, 0.5) is 0 Å². The Labute approximate surface area is 181 Å². The van der Waals surface area contributed by atoms with E-state index in [0.717, 1.165) is 12.8 Å². The molecule has 3 heterocycles. The van der Waals surface area contributed by atoms with E-state index in [1.54, 1.807) is 19.3 Å². The molecule has 2 amide bonds. The quantitative estimate of drug-likeness (QED) is 0.642. The molecule has 10 nitrogen and oxygen atoms in total. The number of aryl methyl sites for hydroxylation is 1. The molecule has 0 unspecified atom stereocenters. The normalized spacial score (nSPS) is 26.3. The first-order valence-corrected chi connectivity index (χ1v) is 10.7. The zero-order chi connectivity index (χ0) is 22.4. The number of carbonyl (C=O) groups is 3. The number of aliphatic hydroxyl groups is 1. The van der Waals surface area contributed by atoms with Crippen molar-refractivity contribution in [2.24, 2.45) is 5.92 Å². The molecule has 0 bridgehead atoms. The number of carbonyl (C=O) groups excluding carboxylic acids is 2. The minimum absolute atomic E-state index is 0.0173. The van der Waals surface area contributed by atoms with Crippen LogP contribution in [0.15, 0.2) is 12.4 Å². The zero-order valence-electron chi connectivity index (χ0n) is 17.7. The Hall–Kier alpha value is -2.59. The third kappa shape index (κ3) is 5.56. The van der Waals surface area contributed by atoms with Gasteiger partial charge in [0.25, 0.3) is 12.4 Å². The predicted octanol–water partition coefficient (Wildman–Crippen LogP) is 0.479. The van der Waals surface area contributed by atoms with E-state index in [9.17, 15) is 14.7 Å². The lowest BCUT2D eigenvalue weighted by Gasteiger charge is -2.46. The molecule has 0 radical (unpaired) electrons. The second-order valence-electron chi connectivity index (χ2n) is 8.17. The van der Waals surface area contributed by atoms with Crippen LogP contribution < -0.4 is 0 Å². The second-order valence-corrected chi connectivity index (χ2v) is 8.17. The summed E-state index contributed by atoms with van der Waals surface area (Å²) in [5, 5.41) is 16.6. The van der Waals surface area contributed by atoms with Crippen LogP contribution in [0.1, 0.15) is 48.3 Å². The van der Waals surface area contributed by atoms with Crippen LogP contribution in [-0.4, -0.2) is 92.8 Å². The maximum absolute atomic E-state index is 13.0. The standard InChI is InChI=1S/C20H28N4O4.CH2O2/c1-13-21-11-15(12-22-13)20(27)24-8-9-28-18-3-2-14(10-17(18)24)19(26)23-6-4-16(25)5-7-23;2-1-3/h11-12,14,16-18,25H,2-10H2,1H3;1H,(H,2,3)/t14-,17+,18+;/m0./s1. The SMILES string of the molecule is Cc1ncc(C(=O)N2CCO[C@@H]3CC[C@H](C(=O)N4CCC(O)CC4)C[C@H]32)cn1.O=CO. The van der Waals surface area contributed by atoms with Gasteiger partial charge in [0.15, 0.2) is 0 Å². The number of hydrogen-bond donors (Lipinski definition) is 2. The molecule has 2 saturated heterocycles. The summed E-state index contributed by atoms with van der Waals surface area (Å²) in [6, 6.07) is -0.0966. The van der Waals surface area contributed by atoms with Crippen molar-refractivity contribution in [2.75, 3.05) is 26.2 Å². The van der Waals surface area contributed by atoms with Crippen molar-refractivity contribution in [1.82, 2.24) is 19.8 Å². The first-order valence-electron chi connectivity index (χ1n) is 10.7. The van der Waals surface area contributed by atoms with Gasteiger partial charge in [-0.05, 0) is 39.0 Å². The molecule has 1 aromatic rings. The molecule has 3 aliphatic rings. The summed E-state index contributed by atoms with van der Waals surface area (Å²) in [4.78, 5) is 46.4. The number of aliphatic hydroxyl groups excluding tert-OH is 1. The van der Waals surface area contributed by atoms with Crippen molar-refractivity contribution in [1.29, 1.82) is 0 Å². The molecule has 31 heavy (non-hydrogen) atoms. The van der Waals surface area contributed by atoms with Crippen molar-refractivity contribution in [2.45, 2.75) is 57.3 Å². The van der Waals surface area contributed by atoms with Gasteiger partial charge in [-0.3, -0.25) is 14.4 Å². The van der Waals surface area contributed by atoms with Crippen LogP contribution >= 0.6 is 0 Å². The molecule has 1 saturated carbocycles. The summed E-state index contributed by atoms with van der Waals surface area (Å²) < 4.78 is 5.92. The fourth-order valence-corrected chi connectivity index (χ4v) is 4.60. The van der Waals surface area contributed by atoms with E-state index in [4.69, 9.17) is 14.6 Å². The summed E-state index contributed by atoms with van der Waals surface area (Å²) in [6.07, 6.45) is 6.31. The van der Waals surface area contributed by atoms with Crippen molar-refractivity contribution < 1.29 is 29.3 Å². The summed E-state index contributed by atoms with van der Waals surface area (Å²) >= 11 is 0. The Morgan fingerprint density at radius 3 is 2.42 bits per heavy atom. The number of rotatable bonds is 2. The maximum Gasteiger partial charge on any atom is 0.290 e. The molecular weight excluding hydrogens is 404 g/mol.